The molecule has 0 saturated carbocycles. The number of ether oxygens (including phenoxy) is 1. The second-order valence-electron chi connectivity index (χ2n) is 5.60. The summed E-state index contributed by atoms with van der Waals surface area (Å²) in [4.78, 5) is 33.9. The highest BCUT2D eigenvalue weighted by molar-refractivity contribution is 7.99. The molecule has 0 aromatic carbocycles. The van der Waals surface area contributed by atoms with Crippen LogP contribution in [0.2, 0.25) is 0 Å². The number of alkyl carbamates (subject to hydrolysis) is 1. The zero-order valence-electron chi connectivity index (χ0n) is 13.4. The minimum Gasteiger partial charge on any atom is -0.480 e. The number of thioether (sulfide) groups is 1. The van der Waals surface area contributed by atoms with Gasteiger partial charge in [0, 0.05) is 12.2 Å². The molecule has 0 unspecified atom stereocenters. The van der Waals surface area contributed by atoms with E-state index in [0.29, 0.717) is 12.2 Å². The van der Waals surface area contributed by atoms with Gasteiger partial charge in [0.15, 0.2) is 5.78 Å². The average Bonchev–Trinajstić information content (AvgIpc) is 2.41. The predicted molar refractivity (Wildman–Crippen MR) is 85.9 cm³/mol. The third-order valence-corrected chi connectivity index (χ3v) is 3.68. The first kappa shape index (κ1) is 21.8. The van der Waals surface area contributed by atoms with E-state index in [-0.39, 0.29) is 24.6 Å². The molecule has 0 aliphatic rings. The summed E-state index contributed by atoms with van der Waals surface area (Å²) in [5.74, 6) is -0.600. The Morgan fingerprint density at radius 1 is 1.30 bits per heavy atom. The lowest BCUT2D eigenvalue weighted by atomic mass is 10.2. The van der Waals surface area contributed by atoms with E-state index in [1.54, 1.807) is 20.8 Å². The topological polar surface area (TPSA) is 119 Å². The van der Waals surface area contributed by atoms with Crippen LogP contribution >= 0.6 is 20.4 Å². The van der Waals surface area contributed by atoms with Gasteiger partial charge in [0.25, 0.3) is 0 Å². The van der Waals surface area contributed by atoms with Crippen molar-refractivity contribution in [3.8, 4) is 0 Å². The number of nitrogens with one attached hydrogen (secondary N) is 1. The van der Waals surface area contributed by atoms with Crippen LogP contribution in [0.1, 0.15) is 33.6 Å². The molecule has 0 bridgehead atoms. The maximum atomic E-state index is 11.6. The lowest BCUT2D eigenvalue weighted by Gasteiger charge is -2.21. The lowest BCUT2D eigenvalue weighted by Crippen LogP contribution is -2.45. The van der Waals surface area contributed by atoms with Gasteiger partial charge in [0.2, 0.25) is 0 Å². The number of hydrogen-bond acceptors (Lipinski definition) is 7. The molecule has 0 fully saturated rings. The molecule has 0 aromatic heterocycles. The van der Waals surface area contributed by atoms with Crippen molar-refractivity contribution in [2.24, 2.45) is 0 Å². The van der Waals surface area contributed by atoms with E-state index in [0.717, 1.165) is 0 Å². The first-order valence-corrected chi connectivity index (χ1v) is 8.80. The molecule has 2 N–H and O–H groups in total. The summed E-state index contributed by atoms with van der Waals surface area (Å²) in [5, 5.41) is 11.4. The Morgan fingerprint density at radius 3 is 2.48 bits per heavy atom. The lowest BCUT2D eigenvalue weighted by molar-refractivity contribution is -0.138. The average molecular weight is 367 g/mol. The van der Waals surface area contributed by atoms with E-state index >= 15 is 0 Å². The maximum Gasteiger partial charge on any atom is 0.408 e. The number of carbonyl (C=O) groups is 3. The van der Waals surface area contributed by atoms with Gasteiger partial charge < -0.3 is 15.2 Å². The number of amides is 1. The van der Waals surface area contributed by atoms with Gasteiger partial charge in [0.05, 0.1) is 0 Å². The first-order chi connectivity index (χ1) is 10.7. The molecule has 132 valence electrons. The second kappa shape index (κ2) is 11.4. The third-order valence-electron chi connectivity index (χ3n) is 2.30. The maximum absolute atomic E-state index is 11.6. The number of rotatable bonds is 11. The summed E-state index contributed by atoms with van der Waals surface area (Å²) in [6.45, 7) is 4.85. The highest BCUT2D eigenvalue weighted by Gasteiger charge is 2.23. The fourth-order valence-electron chi connectivity index (χ4n) is 1.37. The van der Waals surface area contributed by atoms with Crippen molar-refractivity contribution in [3.05, 3.63) is 0 Å². The number of hydrogen-bond donors (Lipinski definition) is 2. The Balaban J connectivity index is 4.02. The van der Waals surface area contributed by atoms with E-state index in [1.807, 2.05) is 0 Å². The van der Waals surface area contributed by atoms with E-state index in [9.17, 15) is 18.9 Å². The molecule has 0 aliphatic heterocycles. The van der Waals surface area contributed by atoms with Crippen LogP contribution in [0.25, 0.3) is 0 Å². The zero-order valence-corrected chi connectivity index (χ0v) is 15.1. The van der Waals surface area contributed by atoms with Gasteiger partial charge in [-0.2, -0.15) is 11.8 Å². The van der Waals surface area contributed by atoms with E-state index < -0.39 is 32.4 Å². The van der Waals surface area contributed by atoms with Crippen LogP contribution in [-0.4, -0.2) is 52.7 Å². The van der Waals surface area contributed by atoms with Crippen molar-refractivity contribution >= 4 is 38.3 Å². The van der Waals surface area contributed by atoms with Crippen molar-refractivity contribution in [2.45, 2.75) is 45.3 Å². The number of carboxylic acids is 1. The minimum atomic E-state index is -1.15. The van der Waals surface area contributed by atoms with Crippen LogP contribution in [0.4, 0.5) is 4.79 Å². The van der Waals surface area contributed by atoms with Crippen molar-refractivity contribution < 1.29 is 33.3 Å². The summed E-state index contributed by atoms with van der Waals surface area (Å²) in [6.07, 6.45) is 0.0239. The van der Waals surface area contributed by atoms with Gasteiger partial charge in [-0.05, 0) is 32.9 Å². The number of ketones is 1. The molecule has 0 rings (SSSR count). The fraction of sp³-hybridized carbons (Fsp3) is 0.769. The Kier molecular flexibility index (Phi) is 10.8. The van der Waals surface area contributed by atoms with Gasteiger partial charge in [-0.3, -0.25) is 9.32 Å². The summed E-state index contributed by atoms with van der Waals surface area (Å²) in [5.41, 5.74) is -0.702. The smallest absolute Gasteiger partial charge is 0.408 e. The molecule has 1 amide bonds. The van der Waals surface area contributed by atoms with Gasteiger partial charge in [-0.25, -0.2) is 14.2 Å². The number of carboxylic acid groups (broad SMARTS) is 1. The van der Waals surface area contributed by atoms with E-state index in [2.05, 4.69) is 9.84 Å². The Labute approximate surface area is 141 Å². The molecule has 1 atom stereocenters. The van der Waals surface area contributed by atoms with Crippen molar-refractivity contribution in [1.29, 1.82) is 0 Å². The number of aliphatic carboxylic acids is 1. The molecular formula is C13H22NO7PS. The molecule has 0 aliphatic carbocycles. The van der Waals surface area contributed by atoms with E-state index in [4.69, 9.17) is 9.84 Å². The molecule has 0 heterocycles. The SMILES string of the molecule is CC(C)(C)OC(=O)N[C@@H](CSCCCC(=O)COP=O)C(=O)O. The van der Waals surface area contributed by atoms with Gasteiger partial charge in [-0.15, -0.1) is 0 Å². The quantitative estimate of drug-likeness (QED) is 0.422. The molecular weight excluding hydrogens is 345 g/mol. The predicted octanol–water partition coefficient (Wildman–Crippen LogP) is 2.27. The summed E-state index contributed by atoms with van der Waals surface area (Å²) >= 11 is 1.31. The van der Waals surface area contributed by atoms with Gasteiger partial charge in [-0.1, -0.05) is 0 Å². The normalized spacial score (nSPS) is 12.7. The Bertz CT molecular complexity index is 425. The van der Waals surface area contributed by atoms with Gasteiger partial charge >= 0.3 is 20.7 Å². The Morgan fingerprint density at radius 2 is 1.96 bits per heavy atom. The molecule has 8 nitrogen and oxygen atoms in total. The van der Waals surface area contributed by atoms with Crippen LogP contribution in [0, 0.1) is 0 Å². The first-order valence-electron chi connectivity index (χ1n) is 6.92. The molecule has 0 radical (unpaired) electrons. The van der Waals surface area contributed by atoms with Crippen LogP contribution in [0.5, 0.6) is 0 Å². The number of Topliss-reactive ketones (excluding diaryl/α,β-unsaturated/α-hetero) is 1. The molecule has 10 heteroatoms. The summed E-state index contributed by atoms with van der Waals surface area (Å²) in [6, 6.07) is -1.06. The van der Waals surface area contributed by atoms with Crippen molar-refractivity contribution in [1.82, 2.24) is 5.32 Å². The largest absolute Gasteiger partial charge is 0.480 e. The van der Waals surface area contributed by atoms with E-state index in [1.165, 1.54) is 11.8 Å². The van der Waals surface area contributed by atoms with Crippen LogP contribution in [-0.2, 0) is 23.4 Å². The standard InChI is InChI=1S/C13H22NO7PS/c1-13(2,3)21-12(18)14-10(11(16)17)8-23-6-4-5-9(15)7-20-22-19/h10H,4-8H2,1-3H3,(H,14,18)(H,16,17)/t10-/m0/s1. The van der Waals surface area contributed by atoms with Crippen molar-refractivity contribution in [3.63, 3.8) is 0 Å². The summed E-state index contributed by atoms with van der Waals surface area (Å²) in [7, 11) is -0.527. The van der Waals surface area contributed by atoms with Crippen LogP contribution in [0.3, 0.4) is 0 Å². The minimum absolute atomic E-state index is 0.165. The zero-order chi connectivity index (χ0) is 17.9. The number of carbonyl (C=O) groups excluding carboxylic acids is 2. The highest BCUT2D eigenvalue weighted by Crippen LogP contribution is 2.10. The third kappa shape index (κ3) is 13.0. The molecule has 0 spiro atoms. The molecule has 23 heavy (non-hydrogen) atoms. The highest BCUT2D eigenvalue weighted by atomic mass is 32.2. The van der Waals surface area contributed by atoms with Gasteiger partial charge in [0.1, 0.15) is 18.2 Å². The second-order valence-corrected chi connectivity index (χ2v) is 7.16. The van der Waals surface area contributed by atoms with Crippen LogP contribution < -0.4 is 5.32 Å². The molecule has 0 aromatic rings. The Hall–Kier alpha value is -1.18. The monoisotopic (exact) mass is 367 g/mol. The van der Waals surface area contributed by atoms with Crippen LogP contribution in [0.15, 0.2) is 0 Å². The molecule has 0 saturated heterocycles. The summed E-state index contributed by atoms with van der Waals surface area (Å²) < 4.78 is 19.5. The van der Waals surface area contributed by atoms with Crippen molar-refractivity contribution in [2.75, 3.05) is 18.1 Å². The fourth-order valence-corrected chi connectivity index (χ4v) is 2.54.